The van der Waals surface area contributed by atoms with Crippen molar-refractivity contribution in [1.29, 1.82) is 0 Å². The molecule has 140 valence electrons. The Balaban J connectivity index is 0.000000381. The van der Waals surface area contributed by atoms with E-state index in [4.69, 9.17) is 15.6 Å². The van der Waals surface area contributed by atoms with Crippen LogP contribution in [0.15, 0.2) is 22.8 Å². The smallest absolute Gasteiger partial charge is 0.475 e. The number of carbonyl (C=O) groups excluding carboxylic acids is 1. The molecule has 1 saturated carbocycles. The minimum absolute atomic E-state index is 0.128. The average Bonchev–Trinajstić information content (AvgIpc) is 2.56. The summed E-state index contributed by atoms with van der Waals surface area (Å²) in [6.45, 7) is 0. The molecular weight excluding hydrogens is 407 g/mol. The number of aromatic nitrogens is 1. The molecule has 0 bridgehead atoms. The molecule has 0 aliphatic heterocycles. The van der Waals surface area contributed by atoms with Crippen LogP contribution in [-0.2, 0) is 9.59 Å². The number of carboxylic acid groups (broad SMARTS) is 1. The molecule has 6 nitrogen and oxygen atoms in total. The normalized spacial score (nSPS) is 16.4. The van der Waals surface area contributed by atoms with Crippen LogP contribution in [0.3, 0.4) is 0 Å². The minimum atomic E-state index is -5.08. The SMILES string of the molecule is N[C@H](C(=O)Nc1ccc(Br)cn1)C1CCCCC1.O=C(O)C(F)(F)F. The van der Waals surface area contributed by atoms with Gasteiger partial charge in [0.15, 0.2) is 0 Å². The van der Waals surface area contributed by atoms with Crippen molar-refractivity contribution in [3.63, 3.8) is 0 Å². The molecule has 0 radical (unpaired) electrons. The first-order chi connectivity index (χ1) is 11.6. The van der Waals surface area contributed by atoms with Gasteiger partial charge >= 0.3 is 12.1 Å². The number of hydrogen-bond donors (Lipinski definition) is 3. The summed E-state index contributed by atoms with van der Waals surface area (Å²) in [6.07, 6.45) is 2.32. The first-order valence-corrected chi connectivity index (χ1v) is 8.38. The Hall–Kier alpha value is -1.68. The molecule has 0 spiro atoms. The van der Waals surface area contributed by atoms with Crippen molar-refractivity contribution in [3.8, 4) is 0 Å². The second-order valence-corrected chi connectivity index (χ2v) is 6.49. The summed E-state index contributed by atoms with van der Waals surface area (Å²) in [7, 11) is 0. The molecule has 1 amide bonds. The van der Waals surface area contributed by atoms with Crippen LogP contribution < -0.4 is 11.1 Å². The fourth-order valence-electron chi connectivity index (χ4n) is 2.37. The number of rotatable bonds is 3. The van der Waals surface area contributed by atoms with Crippen LogP contribution in [0.5, 0.6) is 0 Å². The van der Waals surface area contributed by atoms with E-state index in [1.165, 1.54) is 19.3 Å². The summed E-state index contributed by atoms with van der Waals surface area (Å²) in [5.74, 6) is -2.02. The first-order valence-electron chi connectivity index (χ1n) is 7.59. The average molecular weight is 426 g/mol. The minimum Gasteiger partial charge on any atom is -0.475 e. The van der Waals surface area contributed by atoms with E-state index in [1.807, 2.05) is 6.07 Å². The van der Waals surface area contributed by atoms with E-state index in [1.54, 1.807) is 12.3 Å². The summed E-state index contributed by atoms with van der Waals surface area (Å²) in [4.78, 5) is 25.0. The van der Waals surface area contributed by atoms with Gasteiger partial charge in [0.1, 0.15) is 5.82 Å². The number of carbonyl (C=O) groups is 2. The fraction of sp³-hybridized carbons (Fsp3) is 0.533. The molecular formula is C15H19BrF3N3O3. The monoisotopic (exact) mass is 425 g/mol. The van der Waals surface area contributed by atoms with Crippen LogP contribution in [0, 0.1) is 5.92 Å². The number of halogens is 4. The highest BCUT2D eigenvalue weighted by Crippen LogP contribution is 2.26. The number of anilines is 1. The highest BCUT2D eigenvalue weighted by Gasteiger charge is 2.38. The van der Waals surface area contributed by atoms with Gasteiger partial charge in [-0.3, -0.25) is 4.79 Å². The second kappa shape index (κ2) is 9.71. The molecule has 0 unspecified atom stereocenters. The number of nitrogens with zero attached hydrogens (tertiary/aromatic N) is 1. The van der Waals surface area contributed by atoms with E-state index in [-0.39, 0.29) is 5.91 Å². The molecule has 1 aliphatic carbocycles. The van der Waals surface area contributed by atoms with Gasteiger partial charge in [0.25, 0.3) is 0 Å². The van der Waals surface area contributed by atoms with E-state index in [0.717, 1.165) is 17.3 Å². The van der Waals surface area contributed by atoms with E-state index in [2.05, 4.69) is 26.2 Å². The van der Waals surface area contributed by atoms with Gasteiger partial charge in [-0.1, -0.05) is 19.3 Å². The van der Waals surface area contributed by atoms with Crippen molar-refractivity contribution in [3.05, 3.63) is 22.8 Å². The number of carboxylic acids is 1. The van der Waals surface area contributed by atoms with Crippen LogP contribution in [0.4, 0.5) is 19.0 Å². The fourth-order valence-corrected chi connectivity index (χ4v) is 2.60. The largest absolute Gasteiger partial charge is 0.490 e. The van der Waals surface area contributed by atoms with E-state index in [9.17, 15) is 18.0 Å². The third kappa shape index (κ3) is 7.82. The summed E-state index contributed by atoms with van der Waals surface area (Å²) in [6, 6.07) is 3.18. The van der Waals surface area contributed by atoms with Crippen molar-refractivity contribution in [2.75, 3.05) is 5.32 Å². The highest BCUT2D eigenvalue weighted by molar-refractivity contribution is 9.10. The third-order valence-corrected chi connectivity index (χ3v) is 4.15. The Morgan fingerprint density at radius 2 is 1.84 bits per heavy atom. The van der Waals surface area contributed by atoms with Gasteiger partial charge in [-0.15, -0.1) is 0 Å². The van der Waals surface area contributed by atoms with Gasteiger partial charge in [-0.05, 0) is 46.8 Å². The topological polar surface area (TPSA) is 105 Å². The van der Waals surface area contributed by atoms with Crippen LogP contribution >= 0.6 is 15.9 Å². The van der Waals surface area contributed by atoms with Gasteiger partial charge in [-0.2, -0.15) is 13.2 Å². The zero-order valence-electron chi connectivity index (χ0n) is 13.2. The maximum atomic E-state index is 12.0. The van der Waals surface area contributed by atoms with Gasteiger partial charge in [0, 0.05) is 10.7 Å². The maximum absolute atomic E-state index is 12.0. The van der Waals surface area contributed by atoms with Crippen molar-refractivity contribution in [2.45, 2.75) is 44.3 Å². The maximum Gasteiger partial charge on any atom is 0.490 e. The molecule has 4 N–H and O–H groups in total. The number of alkyl halides is 3. The molecule has 1 aromatic heterocycles. The van der Waals surface area contributed by atoms with Gasteiger partial charge in [0.2, 0.25) is 5.91 Å². The zero-order valence-corrected chi connectivity index (χ0v) is 14.8. The molecule has 10 heteroatoms. The Morgan fingerprint density at radius 1 is 1.28 bits per heavy atom. The predicted molar refractivity (Wildman–Crippen MR) is 88.8 cm³/mol. The second-order valence-electron chi connectivity index (χ2n) is 5.58. The summed E-state index contributed by atoms with van der Waals surface area (Å²) in [5.41, 5.74) is 6.02. The van der Waals surface area contributed by atoms with Crippen molar-refractivity contribution in [2.24, 2.45) is 11.7 Å². The Morgan fingerprint density at radius 3 is 2.28 bits per heavy atom. The highest BCUT2D eigenvalue weighted by atomic mass is 79.9. The number of hydrogen-bond acceptors (Lipinski definition) is 4. The number of aliphatic carboxylic acids is 1. The standard InChI is InChI=1S/C13H18BrN3O.C2HF3O2/c14-10-6-7-11(16-8-10)17-13(18)12(15)9-4-2-1-3-5-9;3-2(4,5)1(6)7/h6-9,12H,1-5,15H2,(H,16,17,18);(H,6,7)/t12-;/m0./s1. The molecule has 1 aliphatic rings. The molecule has 1 heterocycles. The molecule has 0 aromatic carbocycles. The molecule has 25 heavy (non-hydrogen) atoms. The Kier molecular flexibility index (Phi) is 8.30. The third-order valence-electron chi connectivity index (χ3n) is 3.68. The summed E-state index contributed by atoms with van der Waals surface area (Å²) >= 11 is 3.30. The zero-order chi connectivity index (χ0) is 19.0. The number of amides is 1. The number of nitrogens with one attached hydrogen (secondary N) is 1. The lowest BCUT2D eigenvalue weighted by Crippen LogP contribution is -2.42. The summed E-state index contributed by atoms with van der Waals surface area (Å²) in [5, 5.41) is 9.90. The Bertz CT molecular complexity index is 576. The van der Waals surface area contributed by atoms with Gasteiger partial charge in [-0.25, -0.2) is 9.78 Å². The molecule has 0 saturated heterocycles. The molecule has 1 atom stereocenters. The van der Waals surface area contributed by atoms with E-state index in [0.29, 0.717) is 11.7 Å². The lowest BCUT2D eigenvalue weighted by Gasteiger charge is -2.26. The Labute approximate surface area is 151 Å². The molecule has 1 aromatic rings. The molecule has 1 fully saturated rings. The number of pyridine rings is 1. The number of nitrogens with two attached hydrogens (primary N) is 1. The summed E-state index contributed by atoms with van der Waals surface area (Å²) < 4.78 is 32.6. The first kappa shape index (κ1) is 21.4. The quantitative estimate of drug-likeness (QED) is 0.688. The van der Waals surface area contributed by atoms with Crippen molar-refractivity contribution >= 4 is 33.6 Å². The van der Waals surface area contributed by atoms with Crippen molar-refractivity contribution in [1.82, 2.24) is 4.98 Å². The van der Waals surface area contributed by atoms with Gasteiger partial charge in [0.05, 0.1) is 6.04 Å². The van der Waals surface area contributed by atoms with Crippen LogP contribution in [0.2, 0.25) is 0 Å². The predicted octanol–water partition coefficient (Wildman–Crippen LogP) is 3.32. The van der Waals surface area contributed by atoms with Crippen LogP contribution in [0.25, 0.3) is 0 Å². The van der Waals surface area contributed by atoms with E-state index >= 15 is 0 Å². The lowest BCUT2D eigenvalue weighted by molar-refractivity contribution is -0.192. The van der Waals surface area contributed by atoms with E-state index < -0.39 is 18.2 Å². The molecule has 2 rings (SSSR count). The van der Waals surface area contributed by atoms with Gasteiger partial charge < -0.3 is 16.2 Å². The lowest BCUT2D eigenvalue weighted by atomic mass is 9.84. The van der Waals surface area contributed by atoms with Crippen molar-refractivity contribution < 1.29 is 27.9 Å². The van der Waals surface area contributed by atoms with Crippen LogP contribution in [-0.4, -0.2) is 34.2 Å². The van der Waals surface area contributed by atoms with Crippen LogP contribution in [0.1, 0.15) is 32.1 Å².